The first kappa shape index (κ1) is 21.1. The minimum Gasteiger partial charge on any atom is -0.344 e. The molecule has 0 aromatic heterocycles. The van der Waals surface area contributed by atoms with E-state index in [1.54, 1.807) is 0 Å². The van der Waals surface area contributed by atoms with Crippen molar-refractivity contribution in [2.24, 2.45) is 5.41 Å². The van der Waals surface area contributed by atoms with Gasteiger partial charge in [-0.1, -0.05) is 109 Å². The van der Waals surface area contributed by atoms with E-state index in [-0.39, 0.29) is 11.8 Å². The lowest BCUT2D eigenvalue weighted by Gasteiger charge is -2.26. The number of nitrogens with one attached hydrogen (secondary N) is 2. The monoisotopic (exact) mass is 456 g/mol. The summed E-state index contributed by atoms with van der Waals surface area (Å²) in [6.45, 7) is 1.86. The Morgan fingerprint density at radius 2 is 1.06 bits per heavy atom. The molecule has 2 heterocycles. The maximum atomic E-state index is 13.3. The van der Waals surface area contributed by atoms with Crippen LogP contribution in [0.5, 0.6) is 0 Å². The molecule has 0 aliphatic carbocycles. The van der Waals surface area contributed by atoms with Crippen LogP contribution in [0.15, 0.2) is 115 Å². The first-order valence-electron chi connectivity index (χ1n) is 11.7. The normalized spacial score (nSPS) is 21.0. The molecule has 1 saturated heterocycles. The maximum Gasteiger partial charge on any atom is 0.251 e. The van der Waals surface area contributed by atoms with Crippen LogP contribution in [0.25, 0.3) is 28.0 Å². The summed E-state index contributed by atoms with van der Waals surface area (Å²) in [7, 11) is 0. The molecule has 4 heteroatoms. The Balaban J connectivity index is 1.35. The first-order chi connectivity index (χ1) is 17.1. The van der Waals surface area contributed by atoms with Gasteiger partial charge in [0.05, 0.1) is 17.3 Å². The van der Waals surface area contributed by atoms with Crippen LogP contribution in [0, 0.1) is 5.41 Å². The average Bonchev–Trinajstić information content (AvgIpc) is 3.35. The van der Waals surface area contributed by atoms with Crippen molar-refractivity contribution in [2.75, 3.05) is 0 Å². The van der Waals surface area contributed by atoms with Gasteiger partial charge >= 0.3 is 0 Å². The van der Waals surface area contributed by atoms with Crippen LogP contribution in [0.4, 0.5) is 0 Å². The summed E-state index contributed by atoms with van der Waals surface area (Å²) >= 11 is 0. The zero-order chi connectivity index (χ0) is 24.0. The summed E-state index contributed by atoms with van der Waals surface area (Å²) in [5.74, 6) is -0.366. The number of hydrogen-bond acceptors (Lipinski definition) is 2. The van der Waals surface area contributed by atoms with Gasteiger partial charge in [0.2, 0.25) is 5.91 Å². The second-order valence-electron chi connectivity index (χ2n) is 9.24. The SMILES string of the molecule is CC12C(=O)NC(c3ccc(-c4ccccc4)cc3)=C1C(=O)NC2c1ccc(-c2ccccc2)cc1. The predicted octanol–water partition coefficient (Wildman–Crippen LogP) is 5.74. The van der Waals surface area contributed by atoms with Gasteiger partial charge in [-0.3, -0.25) is 9.59 Å². The summed E-state index contributed by atoms with van der Waals surface area (Å²) in [4.78, 5) is 26.5. The van der Waals surface area contributed by atoms with E-state index in [9.17, 15) is 9.59 Å². The van der Waals surface area contributed by atoms with Crippen LogP contribution in [-0.4, -0.2) is 11.8 Å². The maximum absolute atomic E-state index is 13.3. The van der Waals surface area contributed by atoms with E-state index < -0.39 is 11.5 Å². The zero-order valence-corrected chi connectivity index (χ0v) is 19.3. The lowest BCUT2D eigenvalue weighted by Crippen LogP contribution is -2.37. The molecule has 170 valence electrons. The summed E-state index contributed by atoms with van der Waals surface area (Å²) in [5.41, 5.74) is 6.27. The van der Waals surface area contributed by atoms with Gasteiger partial charge < -0.3 is 10.6 Å². The number of carbonyl (C=O) groups excluding carboxylic acids is 2. The summed E-state index contributed by atoms with van der Waals surface area (Å²) in [5, 5.41) is 6.10. The zero-order valence-electron chi connectivity index (χ0n) is 19.3. The van der Waals surface area contributed by atoms with Gasteiger partial charge in [0.15, 0.2) is 0 Å². The number of amides is 2. The Morgan fingerprint density at radius 1 is 0.600 bits per heavy atom. The minimum absolute atomic E-state index is 0.162. The number of carbonyl (C=O) groups is 2. The van der Waals surface area contributed by atoms with Crippen LogP contribution >= 0.6 is 0 Å². The topological polar surface area (TPSA) is 58.2 Å². The average molecular weight is 457 g/mol. The molecular formula is C31H24N2O2. The summed E-state index contributed by atoms with van der Waals surface area (Å²) in [6.07, 6.45) is 0. The number of rotatable bonds is 4. The van der Waals surface area contributed by atoms with E-state index in [1.165, 1.54) is 0 Å². The van der Waals surface area contributed by atoms with Gasteiger partial charge in [-0.2, -0.15) is 0 Å². The van der Waals surface area contributed by atoms with Crippen molar-refractivity contribution in [3.8, 4) is 22.3 Å². The molecule has 2 N–H and O–H groups in total. The van der Waals surface area contributed by atoms with E-state index in [2.05, 4.69) is 34.9 Å². The quantitative estimate of drug-likeness (QED) is 0.412. The molecule has 2 unspecified atom stereocenters. The Hall–Kier alpha value is -4.44. The standard InChI is InChI=1S/C31H24N2O2/c1-31-26(27(32-30(31)35)24-16-12-22(13-17-24)20-8-4-2-5-9-20)29(34)33-28(31)25-18-14-23(15-19-25)21-10-6-3-7-11-21/h2-19,28H,1H3,(H,32,35)(H,33,34). The van der Waals surface area contributed by atoms with Crippen molar-refractivity contribution < 1.29 is 9.59 Å². The fourth-order valence-electron chi connectivity index (χ4n) is 5.24. The highest BCUT2D eigenvalue weighted by atomic mass is 16.2. The Morgan fingerprint density at radius 3 is 1.60 bits per heavy atom. The molecule has 4 aromatic rings. The van der Waals surface area contributed by atoms with E-state index >= 15 is 0 Å². The second kappa shape index (κ2) is 8.10. The Bertz CT molecular complexity index is 1460. The summed E-state index contributed by atoms with van der Waals surface area (Å²) < 4.78 is 0. The third-order valence-corrected chi connectivity index (χ3v) is 7.19. The van der Waals surface area contributed by atoms with E-state index in [1.807, 2.05) is 91.9 Å². The fourth-order valence-corrected chi connectivity index (χ4v) is 5.24. The second-order valence-corrected chi connectivity index (χ2v) is 9.24. The largest absolute Gasteiger partial charge is 0.344 e. The highest BCUT2D eigenvalue weighted by molar-refractivity contribution is 6.18. The minimum atomic E-state index is -0.987. The molecule has 35 heavy (non-hydrogen) atoms. The van der Waals surface area contributed by atoms with Gasteiger partial charge in [0, 0.05) is 0 Å². The van der Waals surface area contributed by atoms with E-state index in [4.69, 9.17) is 0 Å². The fraction of sp³-hybridized carbons (Fsp3) is 0.0968. The molecule has 6 rings (SSSR count). The number of hydrogen-bond donors (Lipinski definition) is 2. The predicted molar refractivity (Wildman–Crippen MR) is 138 cm³/mol. The molecule has 0 radical (unpaired) electrons. The van der Waals surface area contributed by atoms with Crippen molar-refractivity contribution in [1.29, 1.82) is 0 Å². The van der Waals surface area contributed by atoms with Gasteiger partial charge in [-0.15, -0.1) is 0 Å². The van der Waals surface area contributed by atoms with Gasteiger partial charge in [0.25, 0.3) is 5.91 Å². The van der Waals surface area contributed by atoms with E-state index in [0.29, 0.717) is 11.3 Å². The molecule has 2 amide bonds. The summed E-state index contributed by atoms with van der Waals surface area (Å²) in [6, 6.07) is 35.9. The number of benzene rings is 4. The van der Waals surface area contributed by atoms with Crippen LogP contribution < -0.4 is 10.6 Å². The van der Waals surface area contributed by atoms with Crippen molar-refractivity contribution in [2.45, 2.75) is 13.0 Å². The van der Waals surface area contributed by atoms with Crippen LogP contribution in [0.3, 0.4) is 0 Å². The highest BCUT2D eigenvalue weighted by Gasteiger charge is 2.58. The molecule has 1 fully saturated rings. The molecular weight excluding hydrogens is 432 g/mol. The van der Waals surface area contributed by atoms with Crippen molar-refractivity contribution in [3.05, 3.63) is 126 Å². The van der Waals surface area contributed by atoms with Crippen LogP contribution in [0.2, 0.25) is 0 Å². The molecule has 0 bridgehead atoms. The van der Waals surface area contributed by atoms with Crippen molar-refractivity contribution >= 4 is 17.5 Å². The molecule has 2 atom stereocenters. The van der Waals surface area contributed by atoms with Gasteiger partial charge in [-0.05, 0) is 40.3 Å². The molecule has 4 nitrogen and oxygen atoms in total. The lowest BCUT2D eigenvalue weighted by atomic mass is 9.76. The molecule has 0 saturated carbocycles. The third kappa shape index (κ3) is 3.38. The van der Waals surface area contributed by atoms with E-state index in [0.717, 1.165) is 33.4 Å². The van der Waals surface area contributed by atoms with Gasteiger partial charge in [0.1, 0.15) is 5.41 Å². The Kier molecular flexibility index (Phi) is 4.89. The Labute approximate surface area is 204 Å². The molecule has 4 aromatic carbocycles. The van der Waals surface area contributed by atoms with Crippen molar-refractivity contribution in [1.82, 2.24) is 10.6 Å². The van der Waals surface area contributed by atoms with Crippen molar-refractivity contribution in [3.63, 3.8) is 0 Å². The molecule has 2 aliphatic heterocycles. The van der Waals surface area contributed by atoms with Crippen LogP contribution in [-0.2, 0) is 9.59 Å². The smallest absolute Gasteiger partial charge is 0.251 e. The molecule has 2 aliphatic rings. The van der Waals surface area contributed by atoms with Crippen LogP contribution in [0.1, 0.15) is 24.1 Å². The van der Waals surface area contributed by atoms with Gasteiger partial charge in [-0.25, -0.2) is 0 Å². The third-order valence-electron chi connectivity index (χ3n) is 7.19. The first-order valence-corrected chi connectivity index (χ1v) is 11.7. The highest BCUT2D eigenvalue weighted by Crippen LogP contribution is 2.51. The number of fused-ring (bicyclic) bond motifs is 1. The molecule has 0 spiro atoms. The lowest BCUT2D eigenvalue weighted by molar-refractivity contribution is -0.126.